The van der Waals surface area contributed by atoms with Gasteiger partial charge in [0.05, 0.1) is 21.2 Å². The number of hydrogen-bond donors (Lipinski definition) is 2. The maximum atomic E-state index is 12.6. The Morgan fingerprint density at radius 2 is 0.909 bits per heavy atom. The lowest BCUT2D eigenvalue weighted by Crippen LogP contribution is -2.21. The highest BCUT2D eigenvalue weighted by Gasteiger charge is 2.21. The van der Waals surface area contributed by atoms with Gasteiger partial charge < -0.3 is 0 Å². The molecule has 0 atom stereocenters. The number of nitrogens with one attached hydrogen (secondary N) is 2. The minimum Gasteiger partial charge on any atom is -0.200 e. The summed E-state index contributed by atoms with van der Waals surface area (Å²) in [6.07, 6.45) is 1.62. The van der Waals surface area contributed by atoms with E-state index in [1.165, 1.54) is 24.3 Å². The van der Waals surface area contributed by atoms with Gasteiger partial charge in [-0.1, -0.05) is 60.7 Å². The average molecular weight is 483 g/mol. The van der Waals surface area contributed by atoms with E-state index in [1.54, 1.807) is 36.4 Å². The molecule has 8 nitrogen and oxygen atoms in total. The second kappa shape index (κ2) is 9.55. The van der Waals surface area contributed by atoms with Gasteiger partial charge in [0.15, 0.2) is 0 Å². The molecule has 1 aliphatic carbocycles. The molecule has 0 amide bonds. The zero-order chi connectivity index (χ0) is 23.3. The summed E-state index contributed by atoms with van der Waals surface area (Å²) in [6, 6.07) is 23.3. The summed E-state index contributed by atoms with van der Waals surface area (Å²) in [5, 5.41) is 8.42. The lowest BCUT2D eigenvalue weighted by molar-refractivity contribution is 0.582. The third kappa shape index (κ3) is 5.29. The first kappa shape index (κ1) is 22.7. The summed E-state index contributed by atoms with van der Waals surface area (Å²) in [6.45, 7) is 0. The third-order valence-electron chi connectivity index (χ3n) is 5.08. The molecular weight excluding hydrogens is 460 g/mol. The summed E-state index contributed by atoms with van der Waals surface area (Å²) in [5.74, 6) is 0. The third-order valence-corrected chi connectivity index (χ3v) is 7.53. The van der Waals surface area contributed by atoms with Crippen molar-refractivity contribution < 1.29 is 16.8 Å². The number of fused-ring (bicyclic) bond motifs is 1. The van der Waals surface area contributed by atoms with E-state index in [2.05, 4.69) is 19.9 Å². The monoisotopic (exact) mass is 482 g/mol. The van der Waals surface area contributed by atoms with Crippen molar-refractivity contribution in [2.75, 3.05) is 0 Å². The van der Waals surface area contributed by atoms with Crippen LogP contribution in [0.3, 0.4) is 0 Å². The first-order chi connectivity index (χ1) is 15.9. The van der Waals surface area contributed by atoms with E-state index in [4.69, 9.17) is 0 Å². The lowest BCUT2D eigenvalue weighted by Gasteiger charge is -2.10. The molecule has 0 heterocycles. The van der Waals surface area contributed by atoms with Gasteiger partial charge in [0.1, 0.15) is 0 Å². The molecule has 0 unspecified atom stereocenters. The van der Waals surface area contributed by atoms with Crippen LogP contribution in [0.4, 0.5) is 0 Å². The summed E-state index contributed by atoms with van der Waals surface area (Å²) in [7, 11) is -7.61. The predicted octanol–water partition coefficient (Wildman–Crippen LogP) is 3.24. The maximum absolute atomic E-state index is 12.6. The molecule has 4 rings (SSSR count). The Hall–Kier alpha value is -3.50. The van der Waals surface area contributed by atoms with Crippen LogP contribution in [0.2, 0.25) is 0 Å². The van der Waals surface area contributed by atoms with Gasteiger partial charge in [-0.05, 0) is 43.5 Å². The van der Waals surface area contributed by atoms with Gasteiger partial charge in [-0.2, -0.15) is 36.7 Å². The van der Waals surface area contributed by atoms with Crippen LogP contribution in [0.15, 0.2) is 105 Å². The summed E-state index contributed by atoms with van der Waals surface area (Å²) in [4.78, 5) is 4.87. The number of rotatable bonds is 6. The first-order valence-corrected chi connectivity index (χ1v) is 13.2. The van der Waals surface area contributed by atoms with Crippen molar-refractivity contribution in [3.63, 3.8) is 0 Å². The summed E-state index contributed by atoms with van der Waals surface area (Å²) in [5.41, 5.74) is 2.51. The molecule has 1 aliphatic rings. The Morgan fingerprint density at radius 1 is 0.545 bits per heavy atom. The van der Waals surface area contributed by atoms with E-state index in [9.17, 15) is 16.8 Å². The first-order valence-electron chi connectivity index (χ1n) is 10.2. The lowest BCUT2D eigenvalue weighted by atomic mass is 10.0. The molecule has 0 aromatic heterocycles. The van der Waals surface area contributed by atoms with Gasteiger partial charge in [-0.15, -0.1) is 0 Å². The molecule has 0 fully saturated rings. The van der Waals surface area contributed by atoms with E-state index < -0.39 is 20.0 Å². The van der Waals surface area contributed by atoms with Crippen LogP contribution in [-0.2, 0) is 20.0 Å². The zero-order valence-corrected chi connectivity index (χ0v) is 19.2. The average Bonchev–Trinajstić information content (AvgIpc) is 3.02. The minimum atomic E-state index is -3.81. The molecule has 33 heavy (non-hydrogen) atoms. The van der Waals surface area contributed by atoms with Crippen LogP contribution in [0.5, 0.6) is 0 Å². The maximum Gasteiger partial charge on any atom is 0.276 e. The standard InChI is InChI=1S/C23H22N4O4S2/c28-32(29,18-10-3-1-4-11-18)26-24-22-16-9-17-23(21-15-8-7-14-20(21)22)25-27-33(30,31)19-12-5-2-6-13-19/h1-8,10-15,26-27H,9,16-17H2. The molecule has 2 N–H and O–H groups in total. The fraction of sp³-hybridized carbons (Fsp3) is 0.130. The number of hydrogen-bond acceptors (Lipinski definition) is 6. The van der Waals surface area contributed by atoms with Crippen LogP contribution in [0.25, 0.3) is 0 Å². The SMILES string of the molecule is O=S(=O)(NN=C1CCCC(=NNS(=O)(=O)c2ccccc2)c2ccccc21)c1ccccc1. The molecule has 10 heteroatoms. The van der Waals surface area contributed by atoms with Crippen LogP contribution in [-0.4, -0.2) is 28.3 Å². The van der Waals surface area contributed by atoms with Crippen molar-refractivity contribution in [3.8, 4) is 0 Å². The quantitative estimate of drug-likeness (QED) is 0.414. The second-order valence-corrected chi connectivity index (χ2v) is 10.7. The molecule has 170 valence electrons. The number of sulfonamides is 2. The normalized spacial score (nSPS) is 16.7. The molecule has 0 spiro atoms. The predicted molar refractivity (Wildman–Crippen MR) is 127 cm³/mol. The largest absolute Gasteiger partial charge is 0.276 e. The van der Waals surface area contributed by atoms with Crippen molar-refractivity contribution in [1.29, 1.82) is 0 Å². The highest BCUT2D eigenvalue weighted by Crippen LogP contribution is 2.22. The molecule has 0 radical (unpaired) electrons. The number of hydrazone groups is 2. The molecular formula is C23H22N4O4S2. The van der Waals surface area contributed by atoms with Crippen LogP contribution < -0.4 is 9.66 Å². The number of nitrogens with zero attached hydrogens (tertiary/aromatic N) is 2. The van der Waals surface area contributed by atoms with Crippen molar-refractivity contribution in [2.45, 2.75) is 29.1 Å². The van der Waals surface area contributed by atoms with E-state index in [1.807, 2.05) is 24.3 Å². The molecule has 0 saturated heterocycles. The Morgan fingerprint density at radius 3 is 1.30 bits per heavy atom. The van der Waals surface area contributed by atoms with E-state index in [0.717, 1.165) is 0 Å². The zero-order valence-electron chi connectivity index (χ0n) is 17.5. The van der Waals surface area contributed by atoms with Crippen LogP contribution >= 0.6 is 0 Å². The van der Waals surface area contributed by atoms with Crippen LogP contribution in [0.1, 0.15) is 30.4 Å². The fourth-order valence-corrected chi connectivity index (χ4v) is 5.15. The van der Waals surface area contributed by atoms with Gasteiger partial charge in [0.25, 0.3) is 20.0 Å². The number of benzene rings is 3. The summed E-state index contributed by atoms with van der Waals surface area (Å²) >= 11 is 0. The molecule has 3 aromatic rings. The molecule has 3 aromatic carbocycles. The molecule has 0 saturated carbocycles. The highest BCUT2D eigenvalue weighted by atomic mass is 32.2. The fourth-order valence-electron chi connectivity index (χ4n) is 3.45. The Bertz CT molecular complexity index is 1290. The van der Waals surface area contributed by atoms with Gasteiger partial charge >= 0.3 is 0 Å². The summed E-state index contributed by atoms with van der Waals surface area (Å²) < 4.78 is 50.3. The van der Waals surface area contributed by atoms with Gasteiger partial charge in [0, 0.05) is 11.1 Å². The van der Waals surface area contributed by atoms with Crippen molar-refractivity contribution in [2.24, 2.45) is 10.2 Å². The molecule has 0 aliphatic heterocycles. The Balaban J connectivity index is 1.63. The van der Waals surface area contributed by atoms with E-state index in [0.29, 0.717) is 41.8 Å². The smallest absolute Gasteiger partial charge is 0.200 e. The van der Waals surface area contributed by atoms with Gasteiger partial charge in [-0.3, -0.25) is 0 Å². The van der Waals surface area contributed by atoms with Gasteiger partial charge in [0.2, 0.25) is 0 Å². The topological polar surface area (TPSA) is 117 Å². The Labute approximate surface area is 193 Å². The second-order valence-electron chi connectivity index (χ2n) is 7.33. The van der Waals surface area contributed by atoms with Crippen molar-refractivity contribution in [3.05, 3.63) is 96.1 Å². The molecule has 0 bridgehead atoms. The Kier molecular flexibility index (Phi) is 6.57. The van der Waals surface area contributed by atoms with E-state index in [-0.39, 0.29) is 9.79 Å². The highest BCUT2D eigenvalue weighted by molar-refractivity contribution is 7.89. The van der Waals surface area contributed by atoms with E-state index >= 15 is 0 Å². The van der Waals surface area contributed by atoms with Gasteiger partial charge in [-0.25, -0.2) is 0 Å². The van der Waals surface area contributed by atoms with Crippen LogP contribution in [0, 0.1) is 0 Å². The minimum absolute atomic E-state index is 0.119. The van der Waals surface area contributed by atoms with Crippen molar-refractivity contribution in [1.82, 2.24) is 9.66 Å². The van der Waals surface area contributed by atoms with Crippen molar-refractivity contribution >= 4 is 31.5 Å².